The lowest BCUT2D eigenvalue weighted by Gasteiger charge is -2.39. The second kappa shape index (κ2) is 9.79. The minimum absolute atomic E-state index is 0. The quantitative estimate of drug-likeness (QED) is 0.593. The monoisotopic (exact) mass is 542 g/mol. The predicted molar refractivity (Wildman–Crippen MR) is 133 cm³/mol. The third-order valence-electron chi connectivity index (χ3n) is 5.80. The molecule has 0 bridgehead atoms. The molecule has 9 heteroatoms. The highest BCUT2D eigenvalue weighted by atomic mass is 127. The molecule has 3 aliphatic rings. The smallest absolute Gasteiger partial charge is 0.410 e. The summed E-state index contributed by atoms with van der Waals surface area (Å²) in [5.41, 5.74) is 1.79. The maximum atomic E-state index is 12.4. The molecular weight excluding hydrogens is 507 g/mol. The standard InChI is InChI=1S/C22H34N6O2.HI/c1-16-7-8-17(19(25-16)26-9-5-6-10-26)13-23-20-24-14-18-15-27(11-12-28(18)20)21(29)30-22(2,3)4;/h7-8,18H,5-6,9-15H2,1-4H3,(H,23,24);1H. The van der Waals surface area contributed by atoms with Crippen molar-refractivity contribution in [1.29, 1.82) is 0 Å². The van der Waals surface area contributed by atoms with Gasteiger partial charge in [-0.05, 0) is 46.6 Å². The molecule has 1 atom stereocenters. The molecule has 172 valence electrons. The molecule has 1 aromatic rings. The zero-order chi connectivity index (χ0) is 21.3. The van der Waals surface area contributed by atoms with Gasteiger partial charge in [-0.25, -0.2) is 9.78 Å². The van der Waals surface area contributed by atoms with Crippen molar-refractivity contribution < 1.29 is 9.53 Å². The topological polar surface area (TPSA) is 73.3 Å². The number of carbonyl (C=O) groups is 1. The van der Waals surface area contributed by atoms with E-state index in [2.05, 4.69) is 27.2 Å². The Kier molecular flexibility index (Phi) is 7.54. The number of hydrogen-bond donors (Lipinski definition) is 1. The van der Waals surface area contributed by atoms with Crippen molar-refractivity contribution in [2.45, 2.75) is 58.7 Å². The molecule has 0 spiro atoms. The molecule has 2 fully saturated rings. The average molecular weight is 542 g/mol. The second-order valence-electron chi connectivity index (χ2n) is 9.42. The molecule has 2 saturated heterocycles. The summed E-state index contributed by atoms with van der Waals surface area (Å²) in [7, 11) is 0. The van der Waals surface area contributed by atoms with E-state index in [1.165, 1.54) is 18.4 Å². The van der Waals surface area contributed by atoms with Crippen molar-refractivity contribution in [3.63, 3.8) is 0 Å². The van der Waals surface area contributed by atoms with Gasteiger partial charge in [-0.1, -0.05) is 6.07 Å². The van der Waals surface area contributed by atoms with Crippen molar-refractivity contribution >= 4 is 41.8 Å². The first-order valence-electron chi connectivity index (χ1n) is 11.0. The molecule has 0 aromatic carbocycles. The molecule has 4 rings (SSSR count). The molecule has 1 amide bonds. The lowest BCUT2D eigenvalue weighted by atomic mass is 10.2. The summed E-state index contributed by atoms with van der Waals surface area (Å²) in [4.78, 5) is 28.4. The Labute approximate surface area is 202 Å². The summed E-state index contributed by atoms with van der Waals surface area (Å²) in [6.45, 7) is 13.4. The van der Waals surface area contributed by atoms with Crippen LogP contribution in [-0.4, -0.2) is 77.7 Å². The Morgan fingerprint density at radius 2 is 1.94 bits per heavy atom. The number of guanidine groups is 1. The summed E-state index contributed by atoms with van der Waals surface area (Å²) >= 11 is 0. The van der Waals surface area contributed by atoms with Crippen LogP contribution in [-0.2, 0) is 11.3 Å². The van der Waals surface area contributed by atoms with Crippen LogP contribution in [0.5, 0.6) is 0 Å². The molecule has 8 nitrogen and oxygen atoms in total. The molecule has 1 unspecified atom stereocenters. The van der Waals surface area contributed by atoms with Gasteiger partial charge in [-0.3, -0.25) is 4.99 Å². The van der Waals surface area contributed by atoms with Crippen LogP contribution in [0, 0.1) is 6.92 Å². The van der Waals surface area contributed by atoms with Crippen LogP contribution in [0.4, 0.5) is 10.6 Å². The van der Waals surface area contributed by atoms with Crippen LogP contribution in [0.25, 0.3) is 0 Å². The van der Waals surface area contributed by atoms with Gasteiger partial charge >= 0.3 is 6.09 Å². The number of nitrogens with one attached hydrogen (secondary N) is 1. The van der Waals surface area contributed by atoms with Crippen molar-refractivity contribution in [2.24, 2.45) is 4.99 Å². The normalized spacial score (nSPS) is 20.8. The van der Waals surface area contributed by atoms with Gasteiger partial charge in [0.2, 0.25) is 0 Å². The van der Waals surface area contributed by atoms with Crippen molar-refractivity contribution in [3.8, 4) is 0 Å². The van der Waals surface area contributed by atoms with Gasteiger partial charge in [0.05, 0.1) is 12.6 Å². The molecule has 1 N–H and O–H groups in total. The first kappa shape index (κ1) is 23.9. The average Bonchev–Trinajstić information content (AvgIpc) is 3.35. The highest BCUT2D eigenvalue weighted by Gasteiger charge is 2.36. The number of aromatic nitrogens is 1. The fourth-order valence-electron chi connectivity index (χ4n) is 4.31. The third kappa shape index (κ3) is 5.72. The molecular formula is C22H35IN6O2. The number of aryl methyl sites for hydroxylation is 1. The summed E-state index contributed by atoms with van der Waals surface area (Å²) in [5, 5.41) is 3.54. The summed E-state index contributed by atoms with van der Waals surface area (Å²) in [6.07, 6.45) is 2.24. The first-order chi connectivity index (χ1) is 14.3. The van der Waals surface area contributed by atoms with Crippen LogP contribution in [0.3, 0.4) is 0 Å². The Morgan fingerprint density at radius 1 is 1.19 bits per heavy atom. The van der Waals surface area contributed by atoms with Crippen molar-refractivity contribution in [1.82, 2.24) is 20.1 Å². The number of amides is 1. The largest absolute Gasteiger partial charge is 0.444 e. The lowest BCUT2D eigenvalue weighted by Crippen LogP contribution is -2.57. The number of ether oxygens (including phenoxy) is 1. The zero-order valence-electron chi connectivity index (χ0n) is 19.1. The van der Waals surface area contributed by atoms with Gasteiger partial charge in [0.25, 0.3) is 0 Å². The maximum absolute atomic E-state index is 12.4. The maximum Gasteiger partial charge on any atom is 0.410 e. The van der Waals surface area contributed by atoms with E-state index in [0.29, 0.717) is 26.2 Å². The number of pyridine rings is 1. The number of nitrogens with zero attached hydrogens (tertiary/aromatic N) is 5. The molecule has 1 aromatic heterocycles. The fraction of sp³-hybridized carbons (Fsp3) is 0.682. The van der Waals surface area contributed by atoms with Gasteiger partial charge in [0.15, 0.2) is 5.96 Å². The van der Waals surface area contributed by atoms with Crippen LogP contribution in [0.2, 0.25) is 0 Å². The highest BCUT2D eigenvalue weighted by molar-refractivity contribution is 14.0. The minimum Gasteiger partial charge on any atom is -0.444 e. The lowest BCUT2D eigenvalue weighted by molar-refractivity contribution is 0.0137. The van der Waals surface area contributed by atoms with E-state index in [0.717, 1.165) is 37.1 Å². The van der Waals surface area contributed by atoms with Gasteiger partial charge in [0.1, 0.15) is 11.4 Å². The molecule has 0 aliphatic carbocycles. The predicted octanol–water partition coefficient (Wildman–Crippen LogP) is 2.99. The van der Waals surface area contributed by atoms with E-state index in [-0.39, 0.29) is 36.1 Å². The van der Waals surface area contributed by atoms with Crippen LogP contribution in [0.15, 0.2) is 17.1 Å². The van der Waals surface area contributed by atoms with Crippen LogP contribution < -0.4 is 10.2 Å². The third-order valence-corrected chi connectivity index (χ3v) is 5.80. The Balaban J connectivity index is 0.00000272. The molecule has 31 heavy (non-hydrogen) atoms. The summed E-state index contributed by atoms with van der Waals surface area (Å²) in [6, 6.07) is 4.47. The number of halogens is 1. The summed E-state index contributed by atoms with van der Waals surface area (Å²) < 4.78 is 5.53. The second-order valence-corrected chi connectivity index (χ2v) is 9.42. The van der Waals surface area contributed by atoms with Crippen LogP contribution >= 0.6 is 24.0 Å². The SMILES string of the molecule is Cc1ccc(CNC2=NCC3CN(C(=O)OC(C)(C)C)CCN23)c(N2CCCC2)n1.I. The highest BCUT2D eigenvalue weighted by Crippen LogP contribution is 2.24. The van der Waals surface area contributed by atoms with E-state index < -0.39 is 5.60 Å². The van der Waals surface area contributed by atoms with Crippen LogP contribution in [0.1, 0.15) is 44.9 Å². The van der Waals surface area contributed by atoms with E-state index in [1.807, 2.05) is 27.7 Å². The Hall–Kier alpha value is -1.78. The Bertz CT molecular complexity index is 819. The van der Waals surface area contributed by atoms with E-state index in [1.54, 1.807) is 4.90 Å². The number of carbonyl (C=O) groups excluding carboxylic acids is 1. The van der Waals surface area contributed by atoms with Gasteiger partial charge < -0.3 is 24.8 Å². The van der Waals surface area contributed by atoms with Gasteiger partial charge in [0, 0.05) is 50.5 Å². The van der Waals surface area contributed by atoms with E-state index in [4.69, 9.17) is 14.7 Å². The summed E-state index contributed by atoms with van der Waals surface area (Å²) in [5.74, 6) is 2.03. The van der Waals surface area contributed by atoms with Crippen molar-refractivity contribution in [3.05, 3.63) is 23.4 Å². The number of aliphatic imine (C=N–C) groups is 1. The van der Waals surface area contributed by atoms with Gasteiger partial charge in [-0.15, -0.1) is 24.0 Å². The molecule has 0 saturated carbocycles. The minimum atomic E-state index is -0.470. The number of fused-ring (bicyclic) bond motifs is 1. The molecule has 3 aliphatic heterocycles. The number of rotatable bonds is 3. The molecule has 4 heterocycles. The fourth-order valence-corrected chi connectivity index (χ4v) is 4.31. The Morgan fingerprint density at radius 3 is 2.65 bits per heavy atom. The number of piperazine rings is 1. The van der Waals surface area contributed by atoms with E-state index >= 15 is 0 Å². The first-order valence-corrected chi connectivity index (χ1v) is 11.0. The zero-order valence-corrected chi connectivity index (χ0v) is 21.4. The number of anilines is 1. The van der Waals surface area contributed by atoms with E-state index in [9.17, 15) is 4.79 Å². The molecule has 0 radical (unpaired) electrons. The number of hydrogen-bond acceptors (Lipinski definition) is 7. The van der Waals surface area contributed by atoms with Crippen molar-refractivity contribution in [2.75, 3.05) is 44.2 Å². The van der Waals surface area contributed by atoms with Gasteiger partial charge in [-0.2, -0.15) is 0 Å².